The Morgan fingerprint density at radius 2 is 2.23 bits per heavy atom. The average Bonchev–Trinajstić information content (AvgIpc) is 2.50. The van der Waals surface area contributed by atoms with Crippen molar-refractivity contribution >= 4 is 27.2 Å². The van der Waals surface area contributed by atoms with Crippen molar-refractivity contribution in [2.45, 2.75) is 18.6 Å². The Morgan fingerprint density at radius 3 is 2.91 bits per heavy atom. The largest absolute Gasteiger partial charge is 0.482 e. The number of amides is 1. The first-order chi connectivity index (χ1) is 10.3. The number of hydrogen-bond acceptors (Lipinski definition) is 6. The number of ether oxygens (including phenoxy) is 1. The molecule has 1 N–H and O–H groups in total. The molecule has 2 rings (SSSR count). The lowest BCUT2D eigenvalue weighted by Gasteiger charge is -2.19. The van der Waals surface area contributed by atoms with Gasteiger partial charge in [-0.25, -0.2) is 8.42 Å². The Morgan fingerprint density at radius 1 is 1.50 bits per heavy atom. The summed E-state index contributed by atoms with van der Waals surface area (Å²) in [7, 11) is -3.69. The number of nitrogens with zero attached hydrogens (tertiary/aromatic N) is 1. The molecule has 0 spiro atoms. The van der Waals surface area contributed by atoms with E-state index in [0.29, 0.717) is 11.4 Å². The van der Waals surface area contributed by atoms with E-state index in [-0.39, 0.29) is 30.3 Å². The lowest BCUT2D eigenvalue weighted by molar-refractivity contribution is -0.118. The SMILES string of the molecule is CC(C(=O)c1ccc2c(c1)NC(=O)CO2)S(=O)(=O)CCC#N. The summed E-state index contributed by atoms with van der Waals surface area (Å²) in [6, 6.07) is 6.11. The predicted molar refractivity (Wildman–Crippen MR) is 78.4 cm³/mol. The maximum absolute atomic E-state index is 12.3. The molecular weight excluding hydrogens is 308 g/mol. The molecule has 1 unspecified atom stereocenters. The third-order valence-corrected chi connectivity index (χ3v) is 5.37. The Bertz CT molecular complexity index is 764. The van der Waals surface area contributed by atoms with Gasteiger partial charge in [-0.15, -0.1) is 0 Å². The van der Waals surface area contributed by atoms with Crippen LogP contribution in [0.15, 0.2) is 18.2 Å². The van der Waals surface area contributed by atoms with Gasteiger partial charge in [-0.2, -0.15) is 5.26 Å². The number of benzene rings is 1. The van der Waals surface area contributed by atoms with Crippen molar-refractivity contribution in [3.8, 4) is 11.8 Å². The van der Waals surface area contributed by atoms with Gasteiger partial charge in [-0.1, -0.05) is 0 Å². The number of ketones is 1. The van der Waals surface area contributed by atoms with Crippen LogP contribution in [0.1, 0.15) is 23.7 Å². The number of sulfone groups is 1. The quantitative estimate of drug-likeness (QED) is 0.806. The van der Waals surface area contributed by atoms with Crippen molar-refractivity contribution in [3.63, 3.8) is 0 Å². The van der Waals surface area contributed by atoms with Crippen LogP contribution in [0.4, 0.5) is 5.69 Å². The Labute approximate surface area is 127 Å². The van der Waals surface area contributed by atoms with Crippen LogP contribution in [-0.4, -0.2) is 37.7 Å². The first-order valence-electron chi connectivity index (χ1n) is 6.54. The van der Waals surface area contributed by atoms with E-state index in [4.69, 9.17) is 10.00 Å². The number of nitrogens with one attached hydrogen (secondary N) is 1. The van der Waals surface area contributed by atoms with Crippen LogP contribution >= 0.6 is 0 Å². The van der Waals surface area contributed by atoms with Crippen molar-refractivity contribution in [2.24, 2.45) is 0 Å². The molecule has 0 fully saturated rings. The molecule has 0 aromatic heterocycles. The van der Waals surface area contributed by atoms with E-state index in [1.807, 2.05) is 0 Å². The molecule has 8 heteroatoms. The highest BCUT2D eigenvalue weighted by molar-refractivity contribution is 7.92. The number of Topliss-reactive ketones (excluding diaryl/α,β-unsaturated/α-hetero) is 1. The van der Waals surface area contributed by atoms with E-state index in [0.717, 1.165) is 0 Å². The zero-order valence-corrected chi connectivity index (χ0v) is 12.6. The second-order valence-electron chi connectivity index (χ2n) is 4.83. The van der Waals surface area contributed by atoms with E-state index in [2.05, 4.69) is 5.32 Å². The maximum atomic E-state index is 12.3. The highest BCUT2D eigenvalue weighted by atomic mass is 32.2. The van der Waals surface area contributed by atoms with Gasteiger partial charge in [0.25, 0.3) is 5.91 Å². The number of nitriles is 1. The summed E-state index contributed by atoms with van der Waals surface area (Å²) in [5.41, 5.74) is 0.501. The van der Waals surface area contributed by atoms with E-state index in [9.17, 15) is 18.0 Å². The van der Waals surface area contributed by atoms with Crippen molar-refractivity contribution < 1.29 is 22.7 Å². The third-order valence-electron chi connectivity index (χ3n) is 3.30. The van der Waals surface area contributed by atoms with Crippen molar-refractivity contribution in [2.75, 3.05) is 17.7 Å². The Balaban J connectivity index is 2.25. The monoisotopic (exact) mass is 322 g/mol. The number of carbonyl (C=O) groups excluding carboxylic acids is 2. The van der Waals surface area contributed by atoms with Crippen molar-refractivity contribution in [1.82, 2.24) is 0 Å². The minimum atomic E-state index is -3.69. The van der Waals surface area contributed by atoms with Crippen LogP contribution in [0.2, 0.25) is 0 Å². The van der Waals surface area contributed by atoms with Gasteiger partial charge in [0.15, 0.2) is 22.2 Å². The molecule has 1 aromatic rings. The van der Waals surface area contributed by atoms with Crippen LogP contribution in [0, 0.1) is 11.3 Å². The van der Waals surface area contributed by atoms with Gasteiger partial charge < -0.3 is 10.1 Å². The fraction of sp³-hybridized carbons (Fsp3) is 0.357. The molecule has 0 radical (unpaired) electrons. The van der Waals surface area contributed by atoms with Crippen molar-refractivity contribution in [1.29, 1.82) is 5.26 Å². The van der Waals surface area contributed by atoms with Crippen LogP contribution in [-0.2, 0) is 14.6 Å². The lowest BCUT2D eigenvalue weighted by Crippen LogP contribution is -2.30. The predicted octanol–water partition coefficient (Wildman–Crippen LogP) is 0.917. The Hall–Kier alpha value is -2.40. The smallest absolute Gasteiger partial charge is 0.262 e. The highest BCUT2D eigenvalue weighted by Crippen LogP contribution is 2.29. The summed E-state index contributed by atoms with van der Waals surface area (Å²) in [4.78, 5) is 23.6. The van der Waals surface area contributed by atoms with Gasteiger partial charge in [0.05, 0.1) is 17.5 Å². The number of carbonyl (C=O) groups is 2. The molecule has 116 valence electrons. The number of rotatable bonds is 5. The van der Waals surface area contributed by atoms with Gasteiger partial charge in [0, 0.05) is 12.0 Å². The molecule has 1 aliphatic heterocycles. The molecule has 1 aromatic carbocycles. The molecule has 0 bridgehead atoms. The molecule has 7 nitrogen and oxygen atoms in total. The van der Waals surface area contributed by atoms with Gasteiger partial charge in [-0.05, 0) is 25.1 Å². The minimum Gasteiger partial charge on any atom is -0.482 e. The third kappa shape index (κ3) is 3.26. The van der Waals surface area contributed by atoms with Crippen LogP contribution in [0.5, 0.6) is 5.75 Å². The molecule has 22 heavy (non-hydrogen) atoms. The topological polar surface area (TPSA) is 113 Å². The standard InChI is InChI=1S/C14H14N2O5S/c1-9(22(19,20)6-2-5-15)14(18)10-3-4-12-11(7-10)16-13(17)8-21-12/h3-4,7,9H,2,6,8H2,1H3,(H,16,17). The van der Waals surface area contributed by atoms with Crippen LogP contribution in [0.3, 0.4) is 0 Å². The van der Waals surface area contributed by atoms with Gasteiger partial charge >= 0.3 is 0 Å². The van der Waals surface area contributed by atoms with E-state index >= 15 is 0 Å². The Kier molecular flexibility index (Phi) is 4.47. The summed E-state index contributed by atoms with van der Waals surface area (Å²) in [5, 5.41) is 9.78. The molecule has 1 amide bonds. The molecule has 1 atom stereocenters. The van der Waals surface area contributed by atoms with Gasteiger partial charge in [0.2, 0.25) is 0 Å². The fourth-order valence-corrected chi connectivity index (χ4v) is 3.19. The number of hydrogen-bond donors (Lipinski definition) is 1. The summed E-state index contributed by atoms with van der Waals surface area (Å²) in [6.45, 7) is 1.20. The van der Waals surface area contributed by atoms with Crippen LogP contribution < -0.4 is 10.1 Å². The molecule has 1 aliphatic rings. The molecule has 0 saturated carbocycles. The second-order valence-corrected chi connectivity index (χ2v) is 7.27. The summed E-state index contributed by atoms with van der Waals surface area (Å²) >= 11 is 0. The lowest BCUT2D eigenvalue weighted by atomic mass is 10.1. The average molecular weight is 322 g/mol. The highest BCUT2D eigenvalue weighted by Gasteiger charge is 2.29. The van der Waals surface area contributed by atoms with Gasteiger partial charge in [0.1, 0.15) is 11.0 Å². The summed E-state index contributed by atoms with van der Waals surface area (Å²) < 4.78 is 29.1. The summed E-state index contributed by atoms with van der Waals surface area (Å²) in [6.07, 6.45) is -0.159. The first-order valence-corrected chi connectivity index (χ1v) is 8.26. The van der Waals surface area contributed by atoms with E-state index < -0.39 is 20.9 Å². The first kappa shape index (κ1) is 16.0. The molecule has 0 saturated heterocycles. The molecular formula is C14H14N2O5S. The number of anilines is 1. The second kappa shape index (κ2) is 6.15. The zero-order valence-electron chi connectivity index (χ0n) is 11.8. The number of fused-ring (bicyclic) bond motifs is 1. The zero-order chi connectivity index (χ0) is 16.3. The maximum Gasteiger partial charge on any atom is 0.262 e. The normalized spacial score (nSPS) is 15.0. The molecule has 1 heterocycles. The summed E-state index contributed by atoms with van der Waals surface area (Å²) in [5.74, 6) is -0.857. The van der Waals surface area contributed by atoms with E-state index in [1.54, 1.807) is 6.07 Å². The van der Waals surface area contributed by atoms with Crippen LogP contribution in [0.25, 0.3) is 0 Å². The minimum absolute atomic E-state index is 0.0980. The van der Waals surface area contributed by atoms with Crippen molar-refractivity contribution in [3.05, 3.63) is 23.8 Å². The van der Waals surface area contributed by atoms with Gasteiger partial charge in [-0.3, -0.25) is 9.59 Å². The molecule has 0 aliphatic carbocycles. The van der Waals surface area contributed by atoms with E-state index in [1.165, 1.54) is 25.1 Å². The fourth-order valence-electron chi connectivity index (χ4n) is 2.00.